The molecule has 0 amide bonds. The molecule has 0 saturated heterocycles. The van der Waals surface area contributed by atoms with E-state index in [0.717, 1.165) is 66.5 Å². The van der Waals surface area contributed by atoms with Crippen LogP contribution in [0.1, 0.15) is 56.4 Å². The van der Waals surface area contributed by atoms with Crippen LogP contribution in [0.4, 0.5) is 0 Å². The third-order valence-corrected chi connectivity index (χ3v) is 8.33. The minimum Gasteiger partial charge on any atom is -0.245 e. The van der Waals surface area contributed by atoms with Crippen LogP contribution in [0.5, 0.6) is 0 Å². The lowest BCUT2D eigenvalue weighted by molar-refractivity contribution is 0.583. The lowest BCUT2D eigenvalue weighted by atomic mass is 9.95. The molecule has 1 aromatic heterocycles. The van der Waals surface area contributed by atoms with Crippen LogP contribution < -0.4 is 0 Å². The fourth-order valence-corrected chi connectivity index (χ4v) is 6.00. The average Bonchev–Trinajstić information content (AvgIpc) is 3.26. The van der Waals surface area contributed by atoms with Crippen molar-refractivity contribution in [3.8, 4) is 22.3 Å². The first-order chi connectivity index (χ1) is 17.0. The van der Waals surface area contributed by atoms with Crippen LogP contribution in [0.2, 0.25) is 0 Å². The summed E-state index contributed by atoms with van der Waals surface area (Å²) in [5.74, 6) is 0. The van der Waals surface area contributed by atoms with E-state index in [0.29, 0.717) is 4.90 Å². The Bertz CT molecular complexity index is 1350. The molecule has 0 saturated carbocycles. The molecule has 0 fully saturated rings. The number of nitrogens with zero attached hydrogens (tertiary/aromatic N) is 1. The Kier molecular flexibility index (Phi) is 7.92. The SMILES string of the molecule is CCCCc1c(-c2ccc(-c3ccccc3)cc2)cn(S(=O)(=O)c2ccc(C)cc2)c1CCCC. The third kappa shape index (κ3) is 5.43. The molecule has 3 nitrogen and oxygen atoms in total. The molecule has 35 heavy (non-hydrogen) atoms. The van der Waals surface area contributed by atoms with E-state index in [4.69, 9.17) is 0 Å². The van der Waals surface area contributed by atoms with E-state index >= 15 is 0 Å². The van der Waals surface area contributed by atoms with Crippen molar-refractivity contribution >= 4 is 10.0 Å². The van der Waals surface area contributed by atoms with Gasteiger partial charge in [0.2, 0.25) is 0 Å². The lowest BCUT2D eigenvalue weighted by Gasteiger charge is -2.13. The molecule has 0 N–H and O–H groups in total. The number of rotatable bonds is 10. The number of unbranched alkanes of at least 4 members (excludes halogenated alkanes) is 2. The predicted octanol–water partition coefficient (Wildman–Crippen LogP) is 8.05. The molecule has 1 heterocycles. The van der Waals surface area contributed by atoms with Gasteiger partial charge in [0.1, 0.15) is 0 Å². The molecule has 0 spiro atoms. The maximum Gasteiger partial charge on any atom is 0.267 e. The number of hydrogen-bond donors (Lipinski definition) is 0. The zero-order valence-electron chi connectivity index (χ0n) is 21.0. The maximum atomic E-state index is 13.8. The summed E-state index contributed by atoms with van der Waals surface area (Å²) in [4.78, 5) is 0.337. The van der Waals surface area contributed by atoms with Crippen molar-refractivity contribution in [2.45, 2.75) is 64.2 Å². The number of hydrogen-bond acceptors (Lipinski definition) is 2. The molecule has 0 radical (unpaired) electrons. The Labute approximate surface area is 210 Å². The van der Waals surface area contributed by atoms with Gasteiger partial charge in [0, 0.05) is 17.5 Å². The molecule has 0 aliphatic carbocycles. The second kappa shape index (κ2) is 11.1. The summed E-state index contributed by atoms with van der Waals surface area (Å²) in [7, 11) is -3.69. The molecule has 0 aliphatic rings. The molecular weight excluding hydrogens is 450 g/mol. The Morgan fingerprint density at radius 3 is 1.89 bits per heavy atom. The van der Waals surface area contributed by atoms with Gasteiger partial charge in [0.25, 0.3) is 10.0 Å². The third-order valence-electron chi connectivity index (χ3n) is 6.61. The van der Waals surface area contributed by atoms with Crippen LogP contribution in [0.15, 0.2) is 90.0 Å². The van der Waals surface area contributed by atoms with Gasteiger partial charge in [-0.15, -0.1) is 0 Å². The van der Waals surface area contributed by atoms with E-state index in [9.17, 15) is 8.42 Å². The van der Waals surface area contributed by atoms with E-state index in [1.54, 1.807) is 16.1 Å². The van der Waals surface area contributed by atoms with Gasteiger partial charge in [-0.1, -0.05) is 99.0 Å². The summed E-state index contributed by atoms with van der Waals surface area (Å²) in [6.45, 7) is 6.30. The minimum absolute atomic E-state index is 0.337. The standard InChI is InChI=1S/C31H35NO2S/c1-4-6-13-29-30(27-19-17-26(18-20-27)25-11-9-8-10-12-25)23-32(31(29)14-7-5-2)35(33,34)28-21-15-24(3)16-22-28/h8-12,15-23H,4-7,13-14H2,1-3H3. The molecule has 0 bridgehead atoms. The second-order valence-corrected chi connectivity index (χ2v) is 11.0. The van der Waals surface area contributed by atoms with Gasteiger partial charge in [-0.3, -0.25) is 0 Å². The van der Waals surface area contributed by atoms with Gasteiger partial charge in [-0.05, 0) is 67.0 Å². The number of aromatic nitrogens is 1. The Morgan fingerprint density at radius 1 is 0.686 bits per heavy atom. The van der Waals surface area contributed by atoms with Crippen molar-refractivity contribution in [3.63, 3.8) is 0 Å². The molecular formula is C31H35NO2S. The summed E-state index contributed by atoms with van der Waals surface area (Å²) in [6.07, 6.45) is 7.56. The molecule has 4 aromatic rings. The second-order valence-electron chi connectivity index (χ2n) is 9.23. The van der Waals surface area contributed by atoms with E-state index in [-0.39, 0.29) is 0 Å². The highest BCUT2D eigenvalue weighted by atomic mass is 32.2. The van der Waals surface area contributed by atoms with E-state index in [1.165, 1.54) is 11.1 Å². The quantitative estimate of drug-likeness (QED) is 0.228. The van der Waals surface area contributed by atoms with E-state index < -0.39 is 10.0 Å². The Balaban J connectivity index is 1.85. The molecule has 4 rings (SSSR count). The normalized spacial score (nSPS) is 11.6. The van der Waals surface area contributed by atoms with Gasteiger partial charge < -0.3 is 0 Å². The van der Waals surface area contributed by atoms with Crippen molar-refractivity contribution < 1.29 is 8.42 Å². The molecule has 3 aromatic carbocycles. The summed E-state index contributed by atoms with van der Waals surface area (Å²) >= 11 is 0. The van der Waals surface area contributed by atoms with Crippen LogP contribution in [0.3, 0.4) is 0 Å². The van der Waals surface area contributed by atoms with Gasteiger partial charge in [-0.2, -0.15) is 0 Å². The highest BCUT2D eigenvalue weighted by Gasteiger charge is 2.25. The molecule has 182 valence electrons. The molecule has 0 unspecified atom stereocenters. The molecule has 0 aliphatic heterocycles. The summed E-state index contributed by atoms with van der Waals surface area (Å²) in [5, 5.41) is 0. The maximum absolute atomic E-state index is 13.8. The zero-order chi connectivity index (χ0) is 24.8. The largest absolute Gasteiger partial charge is 0.267 e. The van der Waals surface area contributed by atoms with E-state index in [2.05, 4.69) is 50.2 Å². The number of aryl methyl sites for hydroxylation is 1. The van der Waals surface area contributed by atoms with Crippen LogP contribution in [-0.4, -0.2) is 12.4 Å². The van der Waals surface area contributed by atoms with Gasteiger partial charge in [0.05, 0.1) is 4.90 Å². The van der Waals surface area contributed by atoms with Crippen LogP contribution in [-0.2, 0) is 22.9 Å². The topological polar surface area (TPSA) is 39.1 Å². The highest BCUT2D eigenvalue weighted by molar-refractivity contribution is 7.90. The highest BCUT2D eigenvalue weighted by Crippen LogP contribution is 2.34. The predicted molar refractivity (Wildman–Crippen MR) is 146 cm³/mol. The zero-order valence-corrected chi connectivity index (χ0v) is 21.8. The first kappa shape index (κ1) is 25.0. The molecule has 0 atom stereocenters. The minimum atomic E-state index is -3.69. The fraction of sp³-hybridized carbons (Fsp3) is 0.290. The lowest BCUT2D eigenvalue weighted by Crippen LogP contribution is -2.15. The van der Waals surface area contributed by atoms with Crippen molar-refractivity contribution in [1.29, 1.82) is 0 Å². The summed E-state index contributed by atoms with van der Waals surface area (Å²) < 4.78 is 29.2. The fourth-order valence-electron chi connectivity index (χ4n) is 4.56. The summed E-state index contributed by atoms with van der Waals surface area (Å²) in [5.41, 5.74) is 7.57. The first-order valence-corrected chi connectivity index (χ1v) is 14.1. The van der Waals surface area contributed by atoms with Crippen molar-refractivity contribution in [2.24, 2.45) is 0 Å². The van der Waals surface area contributed by atoms with Crippen molar-refractivity contribution in [3.05, 3.63) is 102 Å². The molecule has 4 heteroatoms. The van der Waals surface area contributed by atoms with Crippen LogP contribution in [0, 0.1) is 6.92 Å². The van der Waals surface area contributed by atoms with Gasteiger partial charge in [-0.25, -0.2) is 12.4 Å². The summed E-state index contributed by atoms with van der Waals surface area (Å²) in [6, 6.07) is 26.0. The van der Waals surface area contributed by atoms with Crippen LogP contribution in [0.25, 0.3) is 22.3 Å². The Hall–Kier alpha value is -3.11. The average molecular weight is 486 g/mol. The van der Waals surface area contributed by atoms with Gasteiger partial charge >= 0.3 is 0 Å². The van der Waals surface area contributed by atoms with Crippen molar-refractivity contribution in [1.82, 2.24) is 3.97 Å². The monoisotopic (exact) mass is 485 g/mol. The van der Waals surface area contributed by atoms with Gasteiger partial charge in [0.15, 0.2) is 0 Å². The Morgan fingerprint density at radius 2 is 1.26 bits per heavy atom. The van der Waals surface area contributed by atoms with Crippen molar-refractivity contribution in [2.75, 3.05) is 0 Å². The smallest absolute Gasteiger partial charge is 0.245 e. The van der Waals surface area contributed by atoms with Crippen LogP contribution >= 0.6 is 0 Å². The number of benzene rings is 3. The first-order valence-electron chi connectivity index (χ1n) is 12.7. The van der Waals surface area contributed by atoms with E-state index in [1.807, 2.05) is 43.5 Å².